The number of aromatic nitrogens is 2. The normalized spacial score (nSPS) is 30.2. The first kappa shape index (κ1) is 12.4. The molecule has 0 radical (unpaired) electrons. The number of H-pyrrole nitrogens is 1. The first-order valence-electron chi connectivity index (χ1n) is 7.91. The fourth-order valence-electron chi connectivity index (χ4n) is 3.71. The molecule has 1 amide bonds. The molecule has 1 aromatic heterocycles. The van der Waals surface area contributed by atoms with Crippen LogP contribution in [-0.2, 0) is 0 Å². The minimum Gasteiger partial charge on any atom is -0.346 e. The van der Waals surface area contributed by atoms with E-state index in [1.165, 1.54) is 38.6 Å². The van der Waals surface area contributed by atoms with Gasteiger partial charge in [-0.25, -0.2) is 0 Å². The summed E-state index contributed by atoms with van der Waals surface area (Å²) in [4.78, 5) is 14.9. The number of nitrogens with one attached hydrogen (secondary N) is 2. The highest BCUT2D eigenvalue weighted by Gasteiger charge is 2.36. The maximum Gasteiger partial charge on any atom is 0.272 e. The van der Waals surface area contributed by atoms with Crippen molar-refractivity contribution in [2.75, 3.05) is 13.1 Å². The molecule has 3 fully saturated rings. The monoisotopic (exact) mass is 274 g/mol. The van der Waals surface area contributed by atoms with Gasteiger partial charge in [0.1, 0.15) is 5.69 Å². The lowest BCUT2D eigenvalue weighted by atomic mass is 9.99. The number of amides is 1. The SMILES string of the molecule is O=C(N[C@@H]1CCN2CCCC[C@H]12)c1cc(C2CC2)[nH]n1. The third kappa shape index (κ3) is 2.24. The van der Waals surface area contributed by atoms with Crippen molar-refractivity contribution in [3.8, 4) is 0 Å². The van der Waals surface area contributed by atoms with E-state index >= 15 is 0 Å². The molecule has 5 heteroatoms. The zero-order chi connectivity index (χ0) is 13.5. The van der Waals surface area contributed by atoms with Crippen molar-refractivity contribution in [1.82, 2.24) is 20.4 Å². The lowest BCUT2D eigenvalue weighted by Gasteiger charge is -2.32. The molecule has 3 aliphatic rings. The summed E-state index contributed by atoms with van der Waals surface area (Å²) < 4.78 is 0. The Morgan fingerprint density at radius 2 is 2.15 bits per heavy atom. The third-order valence-electron chi connectivity index (χ3n) is 5.02. The summed E-state index contributed by atoms with van der Waals surface area (Å²) in [6, 6.07) is 2.79. The second kappa shape index (κ2) is 4.88. The van der Waals surface area contributed by atoms with Crippen molar-refractivity contribution in [2.24, 2.45) is 0 Å². The lowest BCUT2D eigenvalue weighted by Crippen LogP contribution is -2.46. The Morgan fingerprint density at radius 1 is 1.25 bits per heavy atom. The molecule has 108 valence electrons. The van der Waals surface area contributed by atoms with E-state index in [0.29, 0.717) is 23.7 Å². The van der Waals surface area contributed by atoms with Gasteiger partial charge >= 0.3 is 0 Å². The van der Waals surface area contributed by atoms with Gasteiger partial charge in [0.05, 0.1) is 0 Å². The summed E-state index contributed by atoms with van der Waals surface area (Å²) in [6.45, 7) is 2.33. The molecule has 2 atom stereocenters. The van der Waals surface area contributed by atoms with Gasteiger partial charge in [0.15, 0.2) is 0 Å². The largest absolute Gasteiger partial charge is 0.346 e. The topological polar surface area (TPSA) is 61.0 Å². The van der Waals surface area contributed by atoms with Gasteiger partial charge in [-0.15, -0.1) is 0 Å². The van der Waals surface area contributed by atoms with Crippen LogP contribution in [0, 0.1) is 0 Å². The molecule has 1 saturated carbocycles. The molecular formula is C15H22N4O. The van der Waals surface area contributed by atoms with Crippen LogP contribution in [0.2, 0.25) is 0 Å². The van der Waals surface area contributed by atoms with Crippen LogP contribution >= 0.6 is 0 Å². The van der Waals surface area contributed by atoms with E-state index in [0.717, 1.165) is 18.7 Å². The molecule has 1 aliphatic carbocycles. The average Bonchev–Trinajstić information content (AvgIpc) is 3.06. The maximum absolute atomic E-state index is 12.3. The Balaban J connectivity index is 1.41. The molecule has 2 saturated heterocycles. The van der Waals surface area contributed by atoms with Gasteiger partial charge in [-0.2, -0.15) is 5.10 Å². The minimum absolute atomic E-state index is 0.00873. The van der Waals surface area contributed by atoms with E-state index in [-0.39, 0.29) is 5.91 Å². The van der Waals surface area contributed by atoms with Crippen LogP contribution < -0.4 is 5.32 Å². The molecule has 2 aliphatic heterocycles. The third-order valence-corrected chi connectivity index (χ3v) is 5.02. The lowest BCUT2D eigenvalue weighted by molar-refractivity contribution is 0.0910. The van der Waals surface area contributed by atoms with Crippen LogP contribution in [0.4, 0.5) is 0 Å². The molecule has 0 bridgehead atoms. The molecule has 3 heterocycles. The fraction of sp³-hybridized carbons (Fsp3) is 0.733. The molecule has 20 heavy (non-hydrogen) atoms. The van der Waals surface area contributed by atoms with E-state index < -0.39 is 0 Å². The van der Waals surface area contributed by atoms with Crippen LogP contribution in [0.1, 0.15) is 60.6 Å². The number of carbonyl (C=O) groups excluding carboxylic acids is 1. The van der Waals surface area contributed by atoms with Crippen molar-refractivity contribution in [1.29, 1.82) is 0 Å². The Morgan fingerprint density at radius 3 is 3.00 bits per heavy atom. The zero-order valence-corrected chi connectivity index (χ0v) is 11.8. The molecule has 1 aromatic rings. The van der Waals surface area contributed by atoms with Gasteiger partial charge in [-0.05, 0) is 44.7 Å². The van der Waals surface area contributed by atoms with Crippen molar-refractivity contribution in [2.45, 2.75) is 56.5 Å². The van der Waals surface area contributed by atoms with Crippen LogP contribution in [0.5, 0.6) is 0 Å². The Labute approximate surface area is 119 Å². The number of nitrogens with zero attached hydrogens (tertiary/aromatic N) is 2. The van der Waals surface area contributed by atoms with Gasteiger partial charge in [-0.3, -0.25) is 14.8 Å². The van der Waals surface area contributed by atoms with Gasteiger partial charge < -0.3 is 5.32 Å². The predicted molar refractivity (Wildman–Crippen MR) is 75.6 cm³/mol. The van der Waals surface area contributed by atoms with Crippen molar-refractivity contribution < 1.29 is 4.79 Å². The van der Waals surface area contributed by atoms with Crippen molar-refractivity contribution in [3.63, 3.8) is 0 Å². The van der Waals surface area contributed by atoms with Gasteiger partial charge in [0.2, 0.25) is 0 Å². The second-order valence-corrected chi connectivity index (χ2v) is 6.45. The summed E-state index contributed by atoms with van der Waals surface area (Å²) in [5.41, 5.74) is 1.68. The first-order valence-corrected chi connectivity index (χ1v) is 7.91. The maximum atomic E-state index is 12.3. The van der Waals surface area contributed by atoms with Crippen LogP contribution in [-0.4, -0.2) is 46.2 Å². The van der Waals surface area contributed by atoms with E-state index in [4.69, 9.17) is 0 Å². The number of aromatic amines is 1. The second-order valence-electron chi connectivity index (χ2n) is 6.45. The van der Waals surface area contributed by atoms with Crippen LogP contribution in [0.3, 0.4) is 0 Å². The van der Waals surface area contributed by atoms with Crippen LogP contribution in [0.25, 0.3) is 0 Å². The highest BCUT2D eigenvalue weighted by Crippen LogP contribution is 2.39. The Hall–Kier alpha value is -1.36. The van der Waals surface area contributed by atoms with Crippen molar-refractivity contribution in [3.05, 3.63) is 17.5 Å². The summed E-state index contributed by atoms with van der Waals surface area (Å²) in [5.74, 6) is 0.606. The van der Waals surface area contributed by atoms with Gasteiger partial charge in [0.25, 0.3) is 5.91 Å². The molecule has 2 N–H and O–H groups in total. The zero-order valence-electron chi connectivity index (χ0n) is 11.8. The molecule has 0 aromatic carbocycles. The highest BCUT2D eigenvalue weighted by molar-refractivity contribution is 5.92. The number of piperidine rings is 1. The predicted octanol–water partition coefficient (Wildman–Crippen LogP) is 1.64. The molecule has 0 spiro atoms. The molecule has 4 rings (SSSR count). The fourth-order valence-corrected chi connectivity index (χ4v) is 3.71. The summed E-state index contributed by atoms with van der Waals surface area (Å²) in [7, 11) is 0. The summed E-state index contributed by atoms with van der Waals surface area (Å²) in [5, 5.41) is 10.4. The molecule has 0 unspecified atom stereocenters. The first-order chi connectivity index (χ1) is 9.81. The van der Waals surface area contributed by atoms with E-state index in [9.17, 15) is 4.79 Å². The van der Waals surface area contributed by atoms with Crippen molar-refractivity contribution >= 4 is 5.91 Å². The number of carbonyl (C=O) groups is 1. The number of hydrogen-bond donors (Lipinski definition) is 2. The summed E-state index contributed by atoms with van der Waals surface area (Å²) in [6.07, 6.45) is 7.35. The Kier molecular flexibility index (Phi) is 3.02. The van der Waals surface area contributed by atoms with E-state index in [1.807, 2.05) is 6.07 Å². The number of fused-ring (bicyclic) bond motifs is 1. The summed E-state index contributed by atoms with van der Waals surface area (Å²) >= 11 is 0. The highest BCUT2D eigenvalue weighted by atomic mass is 16.2. The molecular weight excluding hydrogens is 252 g/mol. The minimum atomic E-state index is -0.00873. The molecule has 5 nitrogen and oxygen atoms in total. The average molecular weight is 274 g/mol. The number of hydrogen-bond acceptors (Lipinski definition) is 3. The van der Waals surface area contributed by atoms with E-state index in [2.05, 4.69) is 20.4 Å². The van der Waals surface area contributed by atoms with Crippen LogP contribution in [0.15, 0.2) is 6.07 Å². The Bertz CT molecular complexity index is 508. The quantitative estimate of drug-likeness (QED) is 0.881. The smallest absolute Gasteiger partial charge is 0.272 e. The standard InChI is InChI=1S/C15H22N4O/c20-15(13-9-12(17-18-13)10-4-5-10)16-11-6-8-19-7-2-1-3-14(11)19/h9-11,14H,1-8H2,(H,16,20)(H,17,18)/t11-,14-/m1/s1. The van der Waals surface area contributed by atoms with E-state index in [1.54, 1.807) is 0 Å². The van der Waals surface area contributed by atoms with Gasteiger partial charge in [0, 0.05) is 30.2 Å². The number of rotatable bonds is 3. The van der Waals surface area contributed by atoms with Gasteiger partial charge in [-0.1, -0.05) is 6.42 Å².